The second kappa shape index (κ2) is 6.89. The van der Waals surface area contributed by atoms with Gasteiger partial charge in [0.1, 0.15) is 4.34 Å². The third-order valence-electron chi connectivity index (χ3n) is 3.29. The number of H-pyrrole nitrogens is 1. The molecule has 0 fully saturated rings. The minimum Gasteiger partial charge on any atom is -0.459 e. The van der Waals surface area contributed by atoms with Crippen molar-refractivity contribution < 1.29 is 13.5 Å². The van der Waals surface area contributed by atoms with Crippen LogP contribution in [0.15, 0.2) is 10.9 Å². The fourth-order valence-corrected chi connectivity index (χ4v) is 3.68. The van der Waals surface area contributed by atoms with Crippen molar-refractivity contribution in [1.82, 2.24) is 19.6 Å². The summed E-state index contributed by atoms with van der Waals surface area (Å²) in [6, 6.07) is 1.35. The second-order valence-electron chi connectivity index (χ2n) is 5.43. The zero-order chi connectivity index (χ0) is 18.3. The number of hydrogen-bond acceptors (Lipinski definition) is 5. The zero-order valence-corrected chi connectivity index (χ0v) is 15.3. The van der Waals surface area contributed by atoms with E-state index in [4.69, 9.17) is 27.9 Å². The SMILES string of the molecule is CC(C)c1nn2c(=O)[nH]c(OCC(F)F)nc2c1-c1cc(Cl)c(Cl)s1. The molecule has 0 saturated heterocycles. The highest BCUT2D eigenvalue weighted by molar-refractivity contribution is 7.20. The average molecular weight is 409 g/mol. The van der Waals surface area contributed by atoms with E-state index in [0.29, 0.717) is 25.5 Å². The molecule has 3 aromatic rings. The molecule has 0 aliphatic rings. The molecule has 0 spiro atoms. The molecule has 0 aliphatic heterocycles. The van der Waals surface area contributed by atoms with E-state index >= 15 is 0 Å². The fourth-order valence-electron chi connectivity index (χ4n) is 2.26. The maximum absolute atomic E-state index is 12.3. The van der Waals surface area contributed by atoms with Crippen LogP contribution in [-0.2, 0) is 0 Å². The van der Waals surface area contributed by atoms with Crippen LogP contribution >= 0.6 is 34.5 Å². The van der Waals surface area contributed by atoms with Gasteiger partial charge in [-0.05, 0) is 12.0 Å². The molecule has 0 aliphatic carbocycles. The van der Waals surface area contributed by atoms with E-state index in [-0.39, 0.29) is 17.6 Å². The van der Waals surface area contributed by atoms with E-state index in [2.05, 4.69) is 15.1 Å². The lowest BCUT2D eigenvalue weighted by atomic mass is 10.1. The summed E-state index contributed by atoms with van der Waals surface area (Å²) in [5.74, 6) is -0.0267. The van der Waals surface area contributed by atoms with Crippen molar-refractivity contribution in [2.45, 2.75) is 26.2 Å². The summed E-state index contributed by atoms with van der Waals surface area (Å²) in [6.07, 6.45) is -2.69. The van der Waals surface area contributed by atoms with Crippen LogP contribution in [0.3, 0.4) is 0 Å². The maximum Gasteiger partial charge on any atom is 0.352 e. The van der Waals surface area contributed by atoms with E-state index in [1.807, 2.05) is 13.8 Å². The summed E-state index contributed by atoms with van der Waals surface area (Å²) in [7, 11) is 0. The van der Waals surface area contributed by atoms with Crippen molar-refractivity contribution in [3.63, 3.8) is 0 Å². The Morgan fingerprint density at radius 2 is 2.12 bits per heavy atom. The Labute approximate surface area is 154 Å². The summed E-state index contributed by atoms with van der Waals surface area (Å²) >= 11 is 13.3. The van der Waals surface area contributed by atoms with E-state index < -0.39 is 18.7 Å². The summed E-state index contributed by atoms with van der Waals surface area (Å²) in [5.41, 5.74) is 0.725. The fraction of sp³-hybridized carbons (Fsp3) is 0.357. The molecule has 134 valence electrons. The molecular formula is C14H12Cl2F2N4O2S. The first-order chi connectivity index (χ1) is 11.8. The Morgan fingerprint density at radius 3 is 2.68 bits per heavy atom. The first-order valence-electron chi connectivity index (χ1n) is 7.17. The predicted molar refractivity (Wildman–Crippen MR) is 92.5 cm³/mol. The molecule has 3 rings (SSSR count). The highest BCUT2D eigenvalue weighted by atomic mass is 35.5. The van der Waals surface area contributed by atoms with Crippen LogP contribution in [0, 0.1) is 0 Å². The molecule has 25 heavy (non-hydrogen) atoms. The van der Waals surface area contributed by atoms with Crippen LogP contribution in [0.5, 0.6) is 6.01 Å². The van der Waals surface area contributed by atoms with E-state index in [0.717, 1.165) is 4.52 Å². The topological polar surface area (TPSA) is 72.3 Å². The highest BCUT2D eigenvalue weighted by Crippen LogP contribution is 2.41. The number of nitrogens with zero attached hydrogens (tertiary/aromatic N) is 3. The summed E-state index contributed by atoms with van der Waals surface area (Å²) in [4.78, 5) is 19.3. The number of hydrogen-bond donors (Lipinski definition) is 1. The molecule has 0 unspecified atom stereocenters. The van der Waals surface area contributed by atoms with Gasteiger partial charge in [-0.25, -0.2) is 13.6 Å². The quantitative estimate of drug-likeness (QED) is 0.685. The minimum absolute atomic E-state index is 0.0267. The first-order valence-corrected chi connectivity index (χ1v) is 8.74. The third kappa shape index (κ3) is 3.49. The monoisotopic (exact) mass is 408 g/mol. The zero-order valence-electron chi connectivity index (χ0n) is 13.0. The number of alkyl halides is 2. The van der Waals surface area contributed by atoms with Gasteiger partial charge >= 0.3 is 5.69 Å². The van der Waals surface area contributed by atoms with Gasteiger partial charge in [-0.2, -0.15) is 14.6 Å². The van der Waals surface area contributed by atoms with Gasteiger partial charge in [0.05, 0.1) is 16.3 Å². The predicted octanol–water partition coefficient (Wildman–Crippen LogP) is 4.22. The van der Waals surface area contributed by atoms with Gasteiger partial charge in [-0.15, -0.1) is 11.3 Å². The number of thiophene rings is 1. The van der Waals surface area contributed by atoms with Crippen molar-refractivity contribution in [3.8, 4) is 16.5 Å². The smallest absolute Gasteiger partial charge is 0.352 e. The van der Waals surface area contributed by atoms with Gasteiger partial charge in [0.15, 0.2) is 12.3 Å². The standard InChI is InChI=1S/C14H12Cl2F2N4O2S/c1-5(2)10-9(7-3-6(15)11(16)25-7)12-19-13(24-4-8(17)18)20-14(23)22(12)21-10/h3,5,8H,4H2,1-2H3,(H,19,20,23). The molecule has 0 amide bonds. The Bertz CT molecular complexity index is 964. The highest BCUT2D eigenvalue weighted by Gasteiger charge is 2.23. The number of nitrogens with one attached hydrogen (secondary N) is 1. The molecule has 3 aromatic heterocycles. The molecular weight excluding hydrogens is 397 g/mol. The number of ether oxygens (including phenoxy) is 1. The summed E-state index contributed by atoms with van der Waals surface area (Å²) in [6.45, 7) is 2.94. The number of aromatic amines is 1. The van der Waals surface area contributed by atoms with Crippen molar-refractivity contribution in [1.29, 1.82) is 0 Å². The molecule has 11 heteroatoms. The van der Waals surface area contributed by atoms with Crippen LogP contribution < -0.4 is 10.4 Å². The van der Waals surface area contributed by atoms with Gasteiger partial charge < -0.3 is 4.74 Å². The summed E-state index contributed by atoms with van der Waals surface area (Å²) < 4.78 is 31.0. The van der Waals surface area contributed by atoms with E-state index in [1.165, 1.54) is 11.3 Å². The second-order valence-corrected chi connectivity index (χ2v) is 7.49. The van der Waals surface area contributed by atoms with Crippen LogP contribution in [0.1, 0.15) is 25.5 Å². The summed E-state index contributed by atoms with van der Waals surface area (Å²) in [5, 5.41) is 4.66. The van der Waals surface area contributed by atoms with Gasteiger partial charge in [0.25, 0.3) is 12.4 Å². The molecule has 3 heterocycles. The third-order valence-corrected chi connectivity index (χ3v) is 5.17. The van der Waals surface area contributed by atoms with Gasteiger partial charge in [-0.3, -0.25) is 4.98 Å². The van der Waals surface area contributed by atoms with Crippen LogP contribution in [0.2, 0.25) is 9.36 Å². The van der Waals surface area contributed by atoms with Crippen molar-refractivity contribution in [3.05, 3.63) is 31.6 Å². The Balaban J connectivity index is 2.24. The lowest BCUT2D eigenvalue weighted by molar-refractivity contribution is 0.0768. The van der Waals surface area contributed by atoms with E-state index in [9.17, 15) is 13.6 Å². The van der Waals surface area contributed by atoms with Gasteiger partial charge in [0.2, 0.25) is 0 Å². The molecule has 1 N–H and O–H groups in total. The van der Waals surface area contributed by atoms with Gasteiger partial charge in [0, 0.05) is 4.88 Å². The molecule has 0 bridgehead atoms. The minimum atomic E-state index is -2.69. The normalized spacial score (nSPS) is 11.8. The first kappa shape index (κ1) is 18.1. The van der Waals surface area contributed by atoms with Gasteiger partial charge in [-0.1, -0.05) is 37.0 Å². The molecule has 0 radical (unpaired) electrons. The maximum atomic E-state index is 12.3. The Hall–Kier alpha value is -1.71. The van der Waals surface area contributed by atoms with Crippen LogP contribution in [0.25, 0.3) is 16.1 Å². The van der Waals surface area contributed by atoms with Crippen molar-refractivity contribution >= 4 is 40.2 Å². The van der Waals surface area contributed by atoms with Crippen molar-refractivity contribution in [2.24, 2.45) is 0 Å². The lowest BCUT2D eigenvalue weighted by Crippen LogP contribution is -2.21. The number of halogens is 4. The lowest BCUT2D eigenvalue weighted by Gasteiger charge is -2.05. The number of aromatic nitrogens is 4. The molecule has 6 nitrogen and oxygen atoms in total. The molecule has 0 aromatic carbocycles. The Kier molecular flexibility index (Phi) is 4.99. The number of rotatable bonds is 5. The molecule has 0 atom stereocenters. The largest absolute Gasteiger partial charge is 0.459 e. The van der Waals surface area contributed by atoms with Crippen LogP contribution in [0.4, 0.5) is 8.78 Å². The van der Waals surface area contributed by atoms with Crippen molar-refractivity contribution in [2.75, 3.05) is 6.61 Å². The molecule has 0 saturated carbocycles. The average Bonchev–Trinajstić information content (AvgIpc) is 3.06. The van der Waals surface area contributed by atoms with Crippen LogP contribution in [-0.4, -0.2) is 32.6 Å². The Morgan fingerprint density at radius 1 is 1.40 bits per heavy atom. The number of fused-ring (bicyclic) bond motifs is 1. The van der Waals surface area contributed by atoms with E-state index in [1.54, 1.807) is 6.07 Å².